The molecule has 1 N–H and O–H groups in total. The molecule has 2 heterocycles. The van der Waals surface area contributed by atoms with E-state index in [0.717, 1.165) is 22.9 Å². The van der Waals surface area contributed by atoms with E-state index in [9.17, 15) is 31.1 Å². The second-order valence-corrected chi connectivity index (χ2v) is 7.25. The number of imidazole rings is 1. The minimum Gasteiger partial charge on any atom is -0.323 e. The number of alkyl halides is 4. The summed E-state index contributed by atoms with van der Waals surface area (Å²) in [5.74, 6) is -5.88. The highest BCUT2D eigenvalue weighted by Crippen LogP contribution is 2.29. The molecule has 1 fully saturated rings. The molecule has 1 unspecified atom stereocenters. The van der Waals surface area contributed by atoms with Gasteiger partial charge in [-0.15, -0.1) is 0 Å². The molecule has 11 heteroatoms. The van der Waals surface area contributed by atoms with Crippen LogP contribution in [0, 0.1) is 11.6 Å². The van der Waals surface area contributed by atoms with Gasteiger partial charge in [0.05, 0.1) is 6.04 Å². The van der Waals surface area contributed by atoms with Gasteiger partial charge in [0.2, 0.25) is 5.91 Å². The quantitative estimate of drug-likeness (QED) is 0.694. The molecule has 164 valence electrons. The first kappa shape index (κ1) is 22.1. The predicted molar refractivity (Wildman–Crippen MR) is 96.5 cm³/mol. The highest BCUT2D eigenvalue weighted by molar-refractivity contribution is 5.93. The Morgan fingerprint density at radius 2 is 1.77 bits per heavy atom. The molecule has 1 aromatic carbocycles. The third-order valence-electron chi connectivity index (χ3n) is 4.99. The van der Waals surface area contributed by atoms with Gasteiger partial charge in [-0.2, -0.15) is 0 Å². The normalized spacial score (nSPS) is 17.9. The molecule has 30 heavy (non-hydrogen) atoms. The summed E-state index contributed by atoms with van der Waals surface area (Å²) < 4.78 is 80.9. The van der Waals surface area contributed by atoms with Crippen molar-refractivity contribution in [3.05, 3.63) is 47.4 Å². The Morgan fingerprint density at radius 1 is 1.17 bits per heavy atom. The number of carbonyl (C=O) groups is 1. The highest BCUT2D eigenvalue weighted by Gasteiger charge is 2.36. The molecule has 1 aliphatic heterocycles. The van der Waals surface area contributed by atoms with Gasteiger partial charge in [0.15, 0.2) is 11.6 Å². The number of carbonyl (C=O) groups excluding carboxylic acids is 1. The number of nitrogens with zero attached hydrogens (tertiary/aromatic N) is 3. The van der Waals surface area contributed by atoms with Gasteiger partial charge in [-0.3, -0.25) is 9.69 Å². The number of halogens is 6. The van der Waals surface area contributed by atoms with Crippen molar-refractivity contribution in [1.82, 2.24) is 14.5 Å². The van der Waals surface area contributed by atoms with Crippen molar-refractivity contribution in [3.8, 4) is 0 Å². The number of aromatic nitrogens is 2. The zero-order chi connectivity index (χ0) is 22.1. The van der Waals surface area contributed by atoms with Gasteiger partial charge in [-0.1, -0.05) is 0 Å². The molecule has 0 spiro atoms. The standard InChI is InChI=1S/C19H20F6N4O/c1-11(28-4-2-19(24,25)3-5-28)18(30)27-15-10-29(17(26-15)16(22)23)9-12-6-13(20)8-14(21)7-12/h6-8,10-11,16H,2-5,9H2,1H3,(H,27,30). The number of benzene rings is 1. The van der Waals surface area contributed by atoms with Gasteiger partial charge in [-0.05, 0) is 24.6 Å². The second-order valence-electron chi connectivity index (χ2n) is 7.25. The van der Waals surface area contributed by atoms with Crippen LogP contribution >= 0.6 is 0 Å². The van der Waals surface area contributed by atoms with Crippen molar-refractivity contribution >= 4 is 11.7 Å². The van der Waals surface area contributed by atoms with Crippen LogP contribution in [0.1, 0.15) is 37.6 Å². The average molecular weight is 434 g/mol. The van der Waals surface area contributed by atoms with E-state index in [1.54, 1.807) is 4.90 Å². The summed E-state index contributed by atoms with van der Waals surface area (Å²) in [5.41, 5.74) is 0.104. The molecule has 1 aliphatic rings. The van der Waals surface area contributed by atoms with E-state index in [4.69, 9.17) is 0 Å². The fourth-order valence-electron chi connectivity index (χ4n) is 3.33. The first-order chi connectivity index (χ1) is 14.0. The second kappa shape index (κ2) is 8.66. The van der Waals surface area contributed by atoms with E-state index in [1.165, 1.54) is 6.92 Å². The number of hydrogen-bond acceptors (Lipinski definition) is 3. The van der Waals surface area contributed by atoms with Crippen LogP contribution in [0.5, 0.6) is 0 Å². The van der Waals surface area contributed by atoms with Gasteiger partial charge < -0.3 is 9.88 Å². The van der Waals surface area contributed by atoms with Crippen LogP contribution in [0.4, 0.5) is 32.2 Å². The van der Waals surface area contributed by atoms with Crippen molar-refractivity contribution in [3.63, 3.8) is 0 Å². The summed E-state index contributed by atoms with van der Waals surface area (Å²) in [6, 6.07) is 1.91. The average Bonchev–Trinajstić information content (AvgIpc) is 3.02. The summed E-state index contributed by atoms with van der Waals surface area (Å²) in [6.07, 6.45) is -2.58. The van der Waals surface area contributed by atoms with Crippen molar-refractivity contribution in [1.29, 1.82) is 0 Å². The van der Waals surface area contributed by atoms with Crippen LogP contribution in [-0.2, 0) is 11.3 Å². The Bertz CT molecular complexity index is 886. The van der Waals surface area contributed by atoms with Crippen LogP contribution in [0.25, 0.3) is 0 Å². The first-order valence-electron chi connectivity index (χ1n) is 9.27. The van der Waals surface area contributed by atoms with Gasteiger partial charge in [0.25, 0.3) is 12.3 Å². The number of nitrogens with one attached hydrogen (secondary N) is 1. The smallest absolute Gasteiger partial charge is 0.295 e. The van der Waals surface area contributed by atoms with Gasteiger partial charge in [0.1, 0.15) is 11.6 Å². The van der Waals surface area contributed by atoms with Crippen molar-refractivity contribution in [2.24, 2.45) is 0 Å². The fraction of sp³-hybridized carbons (Fsp3) is 0.474. The molecular formula is C19H20F6N4O. The molecule has 1 atom stereocenters. The van der Waals surface area contributed by atoms with Crippen LogP contribution in [0.15, 0.2) is 24.4 Å². The number of anilines is 1. The maximum Gasteiger partial charge on any atom is 0.295 e. The molecule has 1 amide bonds. The molecule has 0 aliphatic carbocycles. The van der Waals surface area contributed by atoms with Gasteiger partial charge in [0, 0.05) is 44.7 Å². The topological polar surface area (TPSA) is 50.2 Å². The van der Waals surface area contributed by atoms with Crippen molar-refractivity contribution < 1.29 is 31.1 Å². The molecule has 0 bridgehead atoms. The van der Waals surface area contributed by atoms with Crippen molar-refractivity contribution in [2.45, 2.75) is 44.7 Å². The first-order valence-corrected chi connectivity index (χ1v) is 9.27. The van der Waals surface area contributed by atoms with Crippen LogP contribution in [-0.4, -0.2) is 45.4 Å². The summed E-state index contributed by atoms with van der Waals surface area (Å²) >= 11 is 0. The Labute approximate surface area is 168 Å². The minimum atomic E-state index is -2.99. The predicted octanol–water partition coefficient (Wildman–Crippen LogP) is 4.21. The van der Waals surface area contributed by atoms with Crippen LogP contribution < -0.4 is 5.32 Å². The molecule has 5 nitrogen and oxygen atoms in total. The molecule has 1 aromatic heterocycles. The lowest BCUT2D eigenvalue weighted by Gasteiger charge is -2.34. The Morgan fingerprint density at radius 3 is 2.33 bits per heavy atom. The van der Waals surface area contributed by atoms with E-state index in [2.05, 4.69) is 10.3 Å². The third kappa shape index (κ3) is 5.32. The highest BCUT2D eigenvalue weighted by atomic mass is 19.3. The lowest BCUT2D eigenvalue weighted by Crippen LogP contribution is -2.48. The lowest BCUT2D eigenvalue weighted by atomic mass is 10.0. The maximum atomic E-state index is 13.4. The minimum absolute atomic E-state index is 0.0312. The monoisotopic (exact) mass is 434 g/mol. The Hall–Kier alpha value is -2.56. The lowest BCUT2D eigenvalue weighted by molar-refractivity contribution is -0.124. The zero-order valence-electron chi connectivity index (χ0n) is 16.0. The Balaban J connectivity index is 1.72. The molecule has 0 saturated carbocycles. The fourth-order valence-corrected chi connectivity index (χ4v) is 3.33. The number of hydrogen-bond donors (Lipinski definition) is 1. The molecule has 3 rings (SSSR count). The number of amides is 1. The van der Waals surface area contributed by atoms with E-state index < -0.39 is 41.8 Å². The molecule has 0 radical (unpaired) electrons. The zero-order valence-corrected chi connectivity index (χ0v) is 16.0. The largest absolute Gasteiger partial charge is 0.323 e. The number of rotatable bonds is 6. The van der Waals surface area contributed by atoms with E-state index >= 15 is 0 Å². The number of piperidine rings is 1. The summed E-state index contributed by atoms with van der Waals surface area (Å²) in [7, 11) is 0. The maximum absolute atomic E-state index is 13.4. The number of likely N-dealkylation sites (tertiary alicyclic amines) is 1. The summed E-state index contributed by atoms with van der Waals surface area (Å²) in [4.78, 5) is 17.7. The Kier molecular flexibility index (Phi) is 6.39. The summed E-state index contributed by atoms with van der Waals surface area (Å²) in [6.45, 7) is 1.31. The van der Waals surface area contributed by atoms with Crippen LogP contribution in [0.2, 0.25) is 0 Å². The van der Waals surface area contributed by atoms with E-state index in [1.807, 2.05) is 0 Å². The summed E-state index contributed by atoms with van der Waals surface area (Å²) in [5, 5.41) is 2.40. The van der Waals surface area contributed by atoms with Gasteiger partial charge >= 0.3 is 0 Å². The SMILES string of the molecule is CC(C(=O)Nc1cn(Cc2cc(F)cc(F)c2)c(C(F)F)n1)N1CCC(F)(F)CC1. The van der Waals surface area contributed by atoms with E-state index in [0.29, 0.717) is 6.07 Å². The van der Waals surface area contributed by atoms with Gasteiger partial charge in [-0.25, -0.2) is 31.3 Å². The molecule has 2 aromatic rings. The van der Waals surface area contributed by atoms with E-state index in [-0.39, 0.29) is 43.9 Å². The van der Waals surface area contributed by atoms with Crippen molar-refractivity contribution in [2.75, 3.05) is 18.4 Å². The third-order valence-corrected chi connectivity index (χ3v) is 4.99. The molecular weight excluding hydrogens is 414 g/mol. The molecule has 1 saturated heterocycles. The van der Waals surface area contributed by atoms with Crippen LogP contribution in [0.3, 0.4) is 0 Å².